The van der Waals surface area contributed by atoms with Crippen LogP contribution in [0.5, 0.6) is 0 Å². The van der Waals surface area contributed by atoms with Gasteiger partial charge in [0.25, 0.3) is 0 Å². The number of amidine groups is 1. The minimum Gasteiger partial charge on any atom is -0.369 e. The summed E-state index contributed by atoms with van der Waals surface area (Å²) in [5, 5.41) is 9.40. The number of H-pyrrole nitrogens is 1. The smallest absolute Gasteiger partial charge is 0.198 e. The lowest BCUT2D eigenvalue weighted by molar-refractivity contribution is 0.562. The van der Waals surface area contributed by atoms with Crippen LogP contribution in [-0.2, 0) is 11.1 Å². The van der Waals surface area contributed by atoms with E-state index in [9.17, 15) is 8.76 Å². The molecule has 0 saturated carbocycles. The Balaban J connectivity index is 2.42. The zero-order valence-electron chi connectivity index (χ0n) is 13.3. The van der Waals surface area contributed by atoms with Crippen LogP contribution in [0.4, 0.5) is 5.95 Å². The number of aromatic nitrogens is 2. The van der Waals surface area contributed by atoms with Crippen molar-refractivity contribution in [2.75, 3.05) is 5.73 Å². The highest BCUT2D eigenvalue weighted by Gasteiger charge is 2.23. The molecule has 3 aromatic rings. The zero-order chi connectivity index (χ0) is 18.8. The molecule has 0 saturated heterocycles. The van der Waals surface area contributed by atoms with E-state index in [2.05, 4.69) is 20.5 Å². The molecule has 1 unspecified atom stereocenters. The van der Waals surface area contributed by atoms with Crippen molar-refractivity contribution < 1.29 is 8.76 Å². The Morgan fingerprint density at radius 3 is 2.69 bits per heavy atom. The van der Waals surface area contributed by atoms with Crippen molar-refractivity contribution in [2.45, 2.75) is 9.79 Å². The normalized spacial score (nSPS) is 13.1. The molecule has 2 aromatic carbocycles. The van der Waals surface area contributed by atoms with E-state index in [1.165, 1.54) is 6.07 Å². The molecule has 0 spiro atoms. The first-order valence-corrected chi connectivity index (χ1v) is 9.14. The number of nitrogen functional groups attached to an aromatic ring is 1. The number of anilines is 1. The van der Waals surface area contributed by atoms with E-state index in [0.29, 0.717) is 27.1 Å². The summed E-state index contributed by atoms with van der Waals surface area (Å²) < 4.78 is 21.3. The van der Waals surface area contributed by atoms with Crippen LogP contribution < -0.4 is 28.0 Å². The fourth-order valence-electron chi connectivity index (χ4n) is 2.72. The summed E-state index contributed by atoms with van der Waals surface area (Å²) in [4.78, 5) is 7.69. The number of fused-ring (bicyclic) bond motifs is 1. The molecule has 12 heteroatoms. The quantitative estimate of drug-likeness (QED) is 0.0823. The van der Waals surface area contributed by atoms with E-state index in [4.69, 9.17) is 22.6 Å². The Kier molecular flexibility index (Phi) is 5.11. The van der Waals surface area contributed by atoms with Gasteiger partial charge in [-0.25, -0.2) is 15.0 Å². The van der Waals surface area contributed by atoms with Gasteiger partial charge in [0, 0.05) is 11.1 Å². The van der Waals surface area contributed by atoms with Crippen molar-refractivity contribution in [3.05, 3.63) is 35.9 Å². The molecule has 0 bridgehead atoms. The first-order chi connectivity index (χ1) is 12.5. The number of nitrogens with one attached hydrogen (secondary N) is 2. The molecular weight excluding hydrogens is 376 g/mol. The zero-order valence-corrected chi connectivity index (χ0v) is 14.9. The summed E-state index contributed by atoms with van der Waals surface area (Å²) in [7, 11) is 0. The molecule has 136 valence electrons. The lowest BCUT2D eigenvalue weighted by Crippen LogP contribution is -2.33. The molecule has 26 heavy (non-hydrogen) atoms. The summed E-state index contributed by atoms with van der Waals surface area (Å²) in [5.74, 6) is 11.3. The molecule has 0 aliphatic carbocycles. The average Bonchev–Trinajstić information content (AvgIpc) is 3.02. The third kappa shape index (κ3) is 3.00. The van der Waals surface area contributed by atoms with Crippen LogP contribution in [-0.4, -0.2) is 24.6 Å². The molecule has 0 radical (unpaired) electrons. The number of hydrogen-bond acceptors (Lipinski definition) is 8. The van der Waals surface area contributed by atoms with E-state index in [-0.39, 0.29) is 16.7 Å². The third-order valence-electron chi connectivity index (χ3n) is 3.75. The van der Waals surface area contributed by atoms with Crippen LogP contribution in [0.25, 0.3) is 22.2 Å². The standard InChI is InChI=1S/C14H16N8O2S2/c15-14-19-8-3-1-2-7(11(8)20-14)6-4-5-9(26(23)24)12(25-18)10(6)13(21-16)22-17/h1-5H,16-18H2,(H,21,22)(H,23,24)(H3,15,19,20). The van der Waals surface area contributed by atoms with Crippen molar-refractivity contribution in [1.82, 2.24) is 15.4 Å². The Labute approximate surface area is 154 Å². The second-order valence-corrected chi connectivity index (χ2v) is 6.71. The molecule has 1 aromatic heterocycles. The van der Waals surface area contributed by atoms with Crippen LogP contribution in [0.3, 0.4) is 0 Å². The van der Waals surface area contributed by atoms with Gasteiger partial charge in [-0.1, -0.05) is 18.2 Å². The summed E-state index contributed by atoms with van der Waals surface area (Å²) in [5.41, 5.74) is 11.2. The predicted octanol–water partition coefficient (Wildman–Crippen LogP) is 0.442. The number of benzene rings is 2. The number of rotatable bonds is 4. The largest absolute Gasteiger partial charge is 0.369 e. The number of nitrogens with two attached hydrogens (primary N) is 4. The lowest BCUT2D eigenvalue weighted by atomic mass is 9.97. The number of hydrazine groups is 1. The molecule has 3 rings (SSSR count). The summed E-state index contributed by atoms with van der Waals surface area (Å²) in [6.07, 6.45) is 0. The first kappa shape index (κ1) is 18.2. The van der Waals surface area contributed by atoms with Crippen LogP contribution in [0.15, 0.2) is 45.2 Å². The molecule has 11 N–H and O–H groups in total. The van der Waals surface area contributed by atoms with Gasteiger partial charge in [0.2, 0.25) is 0 Å². The van der Waals surface area contributed by atoms with Crippen LogP contribution in [0.1, 0.15) is 5.56 Å². The average molecular weight is 392 g/mol. The molecule has 0 aliphatic rings. The highest BCUT2D eigenvalue weighted by atomic mass is 32.2. The Bertz CT molecular complexity index is 1030. The second-order valence-electron chi connectivity index (χ2n) is 5.13. The molecule has 0 aliphatic heterocycles. The lowest BCUT2D eigenvalue weighted by Gasteiger charge is -2.17. The molecule has 0 fully saturated rings. The van der Waals surface area contributed by atoms with Crippen LogP contribution in [0, 0.1) is 0 Å². The molecular formula is C14H16N8O2S2. The summed E-state index contributed by atoms with van der Waals surface area (Å²) in [6.45, 7) is 0. The molecule has 1 heterocycles. The Morgan fingerprint density at radius 1 is 1.31 bits per heavy atom. The monoisotopic (exact) mass is 392 g/mol. The fraction of sp³-hybridized carbons (Fsp3) is 0. The van der Waals surface area contributed by atoms with Gasteiger partial charge in [-0.2, -0.15) is 5.10 Å². The van der Waals surface area contributed by atoms with Gasteiger partial charge in [0.15, 0.2) is 22.9 Å². The van der Waals surface area contributed by atoms with Gasteiger partial charge in [-0.05, 0) is 29.6 Å². The summed E-state index contributed by atoms with van der Waals surface area (Å²) >= 11 is -1.47. The van der Waals surface area contributed by atoms with Crippen molar-refractivity contribution in [3.63, 3.8) is 0 Å². The minimum absolute atomic E-state index is 0.0979. The minimum atomic E-state index is -2.27. The van der Waals surface area contributed by atoms with E-state index in [1.807, 2.05) is 18.2 Å². The van der Waals surface area contributed by atoms with Gasteiger partial charge in [-0.3, -0.25) is 5.14 Å². The van der Waals surface area contributed by atoms with Gasteiger partial charge in [0.05, 0.1) is 20.8 Å². The Morgan fingerprint density at radius 2 is 2.08 bits per heavy atom. The van der Waals surface area contributed by atoms with Crippen molar-refractivity contribution >= 4 is 45.8 Å². The highest BCUT2D eigenvalue weighted by Crippen LogP contribution is 2.37. The van der Waals surface area contributed by atoms with E-state index in [1.54, 1.807) is 6.07 Å². The predicted molar refractivity (Wildman–Crippen MR) is 103 cm³/mol. The third-order valence-corrected chi connectivity index (χ3v) is 5.26. The molecule has 1 atom stereocenters. The summed E-state index contributed by atoms with van der Waals surface area (Å²) in [6, 6.07) is 8.63. The van der Waals surface area contributed by atoms with Gasteiger partial charge >= 0.3 is 0 Å². The van der Waals surface area contributed by atoms with Gasteiger partial charge in [0.1, 0.15) is 0 Å². The maximum Gasteiger partial charge on any atom is 0.198 e. The maximum absolute atomic E-state index is 11.7. The van der Waals surface area contributed by atoms with Crippen molar-refractivity contribution in [1.29, 1.82) is 0 Å². The van der Waals surface area contributed by atoms with E-state index >= 15 is 0 Å². The van der Waals surface area contributed by atoms with Crippen LogP contribution in [0.2, 0.25) is 0 Å². The van der Waals surface area contributed by atoms with Crippen LogP contribution >= 0.6 is 11.9 Å². The topological polar surface area (TPSA) is 194 Å². The van der Waals surface area contributed by atoms with Crippen molar-refractivity contribution in [3.8, 4) is 11.1 Å². The Hall–Kier alpha value is -2.64. The van der Waals surface area contributed by atoms with E-state index in [0.717, 1.165) is 17.5 Å². The van der Waals surface area contributed by atoms with Gasteiger partial charge in [-0.15, -0.1) is 0 Å². The molecule has 0 amide bonds. The SMILES string of the molecule is N/N=C(\NN)c1c(-c2cccc3[nH]c(N)nc23)ccc(S(=O)O)c1SN. The number of hydrogen-bond donors (Lipinski definition) is 7. The number of aromatic amines is 1. The van der Waals surface area contributed by atoms with E-state index < -0.39 is 11.1 Å². The number of hydrazone groups is 1. The highest BCUT2D eigenvalue weighted by molar-refractivity contribution is 7.97. The van der Waals surface area contributed by atoms with Crippen molar-refractivity contribution in [2.24, 2.45) is 21.9 Å². The number of para-hydroxylation sites is 1. The number of imidazole rings is 1. The maximum atomic E-state index is 11.7. The van der Waals surface area contributed by atoms with Gasteiger partial charge < -0.3 is 26.5 Å². The fourth-order valence-corrected chi connectivity index (χ4v) is 4.03. The molecule has 10 nitrogen and oxygen atoms in total. The second kappa shape index (κ2) is 7.31. The number of nitrogens with zero attached hydrogens (tertiary/aromatic N) is 2. The first-order valence-electron chi connectivity index (χ1n) is 7.15.